The molecule has 0 heterocycles. The van der Waals surface area contributed by atoms with Gasteiger partial charge in [0.15, 0.2) is 0 Å². The van der Waals surface area contributed by atoms with E-state index < -0.39 is 28.0 Å². The fourth-order valence-corrected chi connectivity index (χ4v) is 4.14. The molecule has 2 aromatic carbocycles. The maximum Gasteiger partial charge on any atom is 0.264 e. The van der Waals surface area contributed by atoms with Crippen molar-refractivity contribution in [3.05, 3.63) is 53.1 Å². The predicted octanol–water partition coefficient (Wildman–Crippen LogP) is 3.38. The summed E-state index contributed by atoms with van der Waals surface area (Å²) in [6.07, 6.45) is 5.42. The zero-order valence-electron chi connectivity index (χ0n) is 16.7. The van der Waals surface area contributed by atoms with Gasteiger partial charge in [-0.3, -0.25) is 9.10 Å². The molecule has 0 unspecified atom stereocenters. The summed E-state index contributed by atoms with van der Waals surface area (Å²) in [6.45, 7) is 4.63. The number of terminal acetylenes is 1. The summed E-state index contributed by atoms with van der Waals surface area (Å²) in [5.41, 5.74) is 0.119. The SMILES string of the molecule is C#CC(C)(C)NC(=O)CN(c1cc(Cl)ccc1OC)S(=O)(=O)c1ccc(C)cc1. The van der Waals surface area contributed by atoms with E-state index in [-0.39, 0.29) is 16.3 Å². The Bertz CT molecular complexity index is 1040. The maximum absolute atomic E-state index is 13.4. The Labute approximate surface area is 176 Å². The van der Waals surface area contributed by atoms with E-state index in [1.807, 2.05) is 6.92 Å². The lowest BCUT2D eigenvalue weighted by molar-refractivity contribution is -0.120. The van der Waals surface area contributed by atoms with Crippen molar-refractivity contribution in [3.8, 4) is 18.1 Å². The molecular weight excluding hydrogens is 412 g/mol. The number of halogens is 1. The maximum atomic E-state index is 13.4. The number of sulfonamides is 1. The molecule has 0 atom stereocenters. The lowest BCUT2D eigenvalue weighted by Crippen LogP contribution is -2.48. The van der Waals surface area contributed by atoms with Crippen molar-refractivity contribution in [1.29, 1.82) is 0 Å². The number of amides is 1. The van der Waals surface area contributed by atoms with Crippen LogP contribution in [-0.4, -0.2) is 33.5 Å². The number of nitrogens with one attached hydrogen (secondary N) is 1. The Kier molecular flexibility index (Phi) is 6.83. The van der Waals surface area contributed by atoms with Gasteiger partial charge in [0.1, 0.15) is 12.3 Å². The average molecular weight is 435 g/mol. The number of anilines is 1. The van der Waals surface area contributed by atoms with E-state index in [4.69, 9.17) is 22.8 Å². The molecule has 0 radical (unpaired) electrons. The molecule has 1 N–H and O–H groups in total. The molecule has 0 aliphatic carbocycles. The van der Waals surface area contributed by atoms with E-state index >= 15 is 0 Å². The predicted molar refractivity (Wildman–Crippen MR) is 115 cm³/mol. The first-order valence-corrected chi connectivity index (χ1v) is 10.5. The molecule has 0 saturated carbocycles. The fraction of sp³-hybridized carbons (Fsp3) is 0.286. The van der Waals surface area contributed by atoms with Crippen molar-refractivity contribution in [3.63, 3.8) is 0 Å². The molecule has 1 amide bonds. The van der Waals surface area contributed by atoms with Crippen molar-refractivity contribution in [1.82, 2.24) is 5.32 Å². The number of aryl methyl sites for hydroxylation is 1. The van der Waals surface area contributed by atoms with Gasteiger partial charge in [-0.2, -0.15) is 0 Å². The van der Waals surface area contributed by atoms with Gasteiger partial charge in [0.25, 0.3) is 10.0 Å². The lowest BCUT2D eigenvalue weighted by Gasteiger charge is -2.27. The van der Waals surface area contributed by atoms with Gasteiger partial charge in [-0.05, 0) is 51.1 Å². The number of rotatable bonds is 7. The Morgan fingerprint density at radius 1 is 1.24 bits per heavy atom. The third kappa shape index (κ3) is 5.43. The molecule has 0 aliphatic rings. The third-order valence-electron chi connectivity index (χ3n) is 4.12. The van der Waals surface area contributed by atoms with Crippen LogP contribution < -0.4 is 14.4 Å². The van der Waals surface area contributed by atoms with E-state index in [0.29, 0.717) is 5.02 Å². The fourth-order valence-electron chi connectivity index (χ4n) is 2.55. The second-order valence-corrected chi connectivity index (χ2v) is 9.26. The minimum atomic E-state index is -4.10. The number of ether oxygens (including phenoxy) is 1. The van der Waals surface area contributed by atoms with Gasteiger partial charge in [-0.25, -0.2) is 8.42 Å². The molecule has 8 heteroatoms. The largest absolute Gasteiger partial charge is 0.495 e. The van der Waals surface area contributed by atoms with Crippen LogP contribution in [0.5, 0.6) is 5.75 Å². The Balaban J connectivity index is 2.57. The van der Waals surface area contributed by atoms with E-state index in [1.165, 1.54) is 25.3 Å². The summed E-state index contributed by atoms with van der Waals surface area (Å²) >= 11 is 6.10. The molecule has 2 rings (SSSR count). The van der Waals surface area contributed by atoms with E-state index in [1.54, 1.807) is 38.1 Å². The number of nitrogens with zero attached hydrogens (tertiary/aromatic N) is 1. The Morgan fingerprint density at radius 3 is 2.41 bits per heavy atom. The first-order chi connectivity index (χ1) is 13.5. The second-order valence-electron chi connectivity index (χ2n) is 6.96. The van der Waals surface area contributed by atoms with Crippen molar-refractivity contribution in [2.45, 2.75) is 31.2 Å². The van der Waals surface area contributed by atoms with Crippen LogP contribution in [-0.2, 0) is 14.8 Å². The van der Waals surface area contributed by atoms with Gasteiger partial charge < -0.3 is 10.1 Å². The van der Waals surface area contributed by atoms with Crippen LogP contribution in [0.1, 0.15) is 19.4 Å². The van der Waals surface area contributed by atoms with Gasteiger partial charge in [-0.1, -0.05) is 35.2 Å². The summed E-state index contributed by atoms with van der Waals surface area (Å²) < 4.78 is 33.1. The number of benzene rings is 2. The van der Waals surface area contributed by atoms with Gasteiger partial charge >= 0.3 is 0 Å². The summed E-state index contributed by atoms with van der Waals surface area (Å²) in [7, 11) is -2.69. The molecule has 0 fully saturated rings. The van der Waals surface area contributed by atoms with Crippen molar-refractivity contribution in [2.24, 2.45) is 0 Å². The van der Waals surface area contributed by atoms with Crippen LogP contribution in [0.3, 0.4) is 0 Å². The zero-order valence-corrected chi connectivity index (χ0v) is 18.3. The summed E-state index contributed by atoms with van der Waals surface area (Å²) in [5, 5.41) is 2.94. The lowest BCUT2D eigenvalue weighted by atomic mass is 10.1. The number of hydrogen-bond acceptors (Lipinski definition) is 4. The second kappa shape index (κ2) is 8.76. The van der Waals surface area contributed by atoms with Crippen LogP contribution in [0, 0.1) is 19.3 Å². The smallest absolute Gasteiger partial charge is 0.264 e. The molecule has 2 aromatic rings. The quantitative estimate of drug-likeness (QED) is 0.678. The average Bonchev–Trinajstić information content (AvgIpc) is 2.66. The summed E-state index contributed by atoms with van der Waals surface area (Å²) in [5.74, 6) is 2.14. The topological polar surface area (TPSA) is 75.7 Å². The van der Waals surface area contributed by atoms with Gasteiger partial charge in [0.2, 0.25) is 5.91 Å². The first kappa shape index (κ1) is 22.6. The van der Waals surface area contributed by atoms with Crippen LogP contribution in [0.15, 0.2) is 47.4 Å². The highest BCUT2D eigenvalue weighted by atomic mass is 35.5. The molecule has 0 spiro atoms. The normalized spacial score (nSPS) is 11.4. The molecule has 29 heavy (non-hydrogen) atoms. The number of hydrogen-bond donors (Lipinski definition) is 1. The van der Waals surface area contributed by atoms with Gasteiger partial charge in [0.05, 0.1) is 23.2 Å². The minimum absolute atomic E-state index is 0.0362. The highest BCUT2D eigenvalue weighted by molar-refractivity contribution is 7.92. The van der Waals surface area contributed by atoms with Crippen LogP contribution >= 0.6 is 11.6 Å². The third-order valence-corrected chi connectivity index (χ3v) is 6.13. The van der Waals surface area contributed by atoms with E-state index in [2.05, 4.69) is 11.2 Å². The molecule has 0 aliphatic heterocycles. The number of carbonyl (C=O) groups is 1. The first-order valence-electron chi connectivity index (χ1n) is 8.72. The Morgan fingerprint density at radius 2 is 1.86 bits per heavy atom. The van der Waals surface area contributed by atoms with Crippen LogP contribution in [0.4, 0.5) is 5.69 Å². The van der Waals surface area contributed by atoms with Crippen molar-refractivity contribution in [2.75, 3.05) is 18.0 Å². The molecule has 154 valence electrons. The highest BCUT2D eigenvalue weighted by Crippen LogP contribution is 2.34. The van der Waals surface area contributed by atoms with Gasteiger partial charge in [0, 0.05) is 5.02 Å². The molecule has 6 nitrogen and oxygen atoms in total. The Hall–Kier alpha value is -2.69. The van der Waals surface area contributed by atoms with Crippen LogP contribution in [0.2, 0.25) is 5.02 Å². The number of methoxy groups -OCH3 is 1. The molecule has 0 saturated heterocycles. The van der Waals surface area contributed by atoms with Crippen molar-refractivity contribution >= 4 is 33.2 Å². The monoisotopic (exact) mass is 434 g/mol. The number of carbonyl (C=O) groups excluding carboxylic acids is 1. The molecule has 0 aromatic heterocycles. The standard InChI is InChI=1S/C21H23ClN2O4S/c1-6-21(3,4)23-20(25)14-24(18-13-16(22)9-12-19(18)28-5)29(26,27)17-10-7-15(2)8-11-17/h1,7-13H,14H2,2-5H3,(H,23,25). The highest BCUT2D eigenvalue weighted by Gasteiger charge is 2.31. The van der Waals surface area contributed by atoms with Gasteiger partial charge in [-0.15, -0.1) is 6.42 Å². The summed E-state index contributed by atoms with van der Waals surface area (Å²) in [6, 6.07) is 10.9. The van der Waals surface area contributed by atoms with Crippen LogP contribution in [0.25, 0.3) is 0 Å². The minimum Gasteiger partial charge on any atom is -0.495 e. The van der Waals surface area contributed by atoms with Crippen molar-refractivity contribution < 1.29 is 17.9 Å². The van der Waals surface area contributed by atoms with E-state index in [0.717, 1.165) is 9.87 Å². The molecular formula is C21H23ClN2O4S. The molecule has 0 bridgehead atoms. The van der Waals surface area contributed by atoms with E-state index in [9.17, 15) is 13.2 Å². The zero-order chi connectivity index (χ0) is 21.8. The summed E-state index contributed by atoms with van der Waals surface area (Å²) in [4.78, 5) is 12.7.